The van der Waals surface area contributed by atoms with Crippen LogP contribution in [0.2, 0.25) is 0 Å². The SMILES string of the molecule is Cc1cc(C)cc(NC(C)C(=O)NCC(F)(F)F)c1. The van der Waals surface area contributed by atoms with Gasteiger partial charge in [0, 0.05) is 5.69 Å². The third kappa shape index (κ3) is 5.63. The molecule has 0 radical (unpaired) electrons. The van der Waals surface area contributed by atoms with Crippen molar-refractivity contribution in [3.63, 3.8) is 0 Å². The molecule has 1 rings (SSSR count). The van der Waals surface area contributed by atoms with Gasteiger partial charge < -0.3 is 10.6 Å². The number of aryl methyl sites for hydroxylation is 2. The van der Waals surface area contributed by atoms with Crippen LogP contribution in [0, 0.1) is 13.8 Å². The molecule has 3 nitrogen and oxygen atoms in total. The first-order valence-electron chi connectivity index (χ1n) is 5.86. The lowest BCUT2D eigenvalue weighted by Crippen LogP contribution is -2.42. The molecule has 0 saturated carbocycles. The number of carbonyl (C=O) groups excluding carboxylic acids is 1. The quantitative estimate of drug-likeness (QED) is 0.886. The Bertz CT molecular complexity index is 437. The van der Waals surface area contributed by atoms with Crippen LogP contribution in [0.3, 0.4) is 0 Å². The van der Waals surface area contributed by atoms with Gasteiger partial charge in [0.25, 0.3) is 0 Å². The summed E-state index contributed by atoms with van der Waals surface area (Å²) in [6.45, 7) is 4.02. The van der Waals surface area contributed by atoms with Gasteiger partial charge in [0.1, 0.15) is 12.6 Å². The van der Waals surface area contributed by atoms with E-state index in [9.17, 15) is 18.0 Å². The Morgan fingerprint density at radius 1 is 1.21 bits per heavy atom. The van der Waals surface area contributed by atoms with E-state index in [4.69, 9.17) is 0 Å². The second kappa shape index (κ2) is 5.95. The third-order valence-electron chi connectivity index (χ3n) is 2.46. The number of alkyl halides is 3. The number of nitrogens with one attached hydrogen (secondary N) is 2. The van der Waals surface area contributed by atoms with Crippen LogP contribution in [0.5, 0.6) is 0 Å². The highest BCUT2D eigenvalue weighted by Gasteiger charge is 2.28. The van der Waals surface area contributed by atoms with Gasteiger partial charge in [0.15, 0.2) is 0 Å². The van der Waals surface area contributed by atoms with Crippen LogP contribution in [0.15, 0.2) is 18.2 Å². The number of rotatable bonds is 4. The molecule has 6 heteroatoms. The highest BCUT2D eigenvalue weighted by Crippen LogP contribution is 2.15. The maximum Gasteiger partial charge on any atom is 0.405 e. The van der Waals surface area contributed by atoms with Crippen LogP contribution in [0.25, 0.3) is 0 Å². The lowest BCUT2D eigenvalue weighted by molar-refractivity contribution is -0.138. The molecular weight excluding hydrogens is 257 g/mol. The molecule has 0 aliphatic rings. The molecule has 2 N–H and O–H groups in total. The summed E-state index contributed by atoms with van der Waals surface area (Å²) in [5, 5.41) is 4.73. The number of hydrogen-bond acceptors (Lipinski definition) is 2. The molecular formula is C13H17F3N2O. The molecule has 19 heavy (non-hydrogen) atoms. The van der Waals surface area contributed by atoms with Crippen molar-refractivity contribution in [1.29, 1.82) is 0 Å². The minimum atomic E-state index is -4.39. The highest BCUT2D eigenvalue weighted by atomic mass is 19.4. The van der Waals surface area contributed by atoms with E-state index in [0.29, 0.717) is 5.69 Å². The van der Waals surface area contributed by atoms with E-state index in [1.54, 1.807) is 0 Å². The summed E-state index contributed by atoms with van der Waals surface area (Å²) in [5.74, 6) is -0.684. The lowest BCUT2D eigenvalue weighted by atomic mass is 10.1. The summed E-state index contributed by atoms with van der Waals surface area (Å²) >= 11 is 0. The van der Waals surface area contributed by atoms with E-state index < -0.39 is 24.7 Å². The number of amides is 1. The Labute approximate surface area is 110 Å². The molecule has 0 bridgehead atoms. The first-order chi connectivity index (χ1) is 8.67. The maximum absolute atomic E-state index is 12.0. The fourth-order valence-electron chi connectivity index (χ4n) is 1.71. The van der Waals surface area contributed by atoms with Gasteiger partial charge in [-0.1, -0.05) is 6.07 Å². The third-order valence-corrected chi connectivity index (χ3v) is 2.46. The zero-order valence-corrected chi connectivity index (χ0v) is 11.1. The monoisotopic (exact) mass is 274 g/mol. The molecule has 1 aromatic carbocycles. The number of carbonyl (C=O) groups is 1. The standard InChI is InChI=1S/C13H17F3N2O/c1-8-4-9(2)6-11(5-8)18-10(3)12(19)17-7-13(14,15)16/h4-6,10,18H,7H2,1-3H3,(H,17,19). The summed E-state index contributed by atoms with van der Waals surface area (Å²) in [6, 6.07) is 4.91. The van der Waals surface area contributed by atoms with Gasteiger partial charge in [-0.15, -0.1) is 0 Å². The Morgan fingerprint density at radius 2 is 1.74 bits per heavy atom. The Morgan fingerprint density at radius 3 is 2.21 bits per heavy atom. The number of hydrogen-bond donors (Lipinski definition) is 2. The van der Waals surface area contributed by atoms with Crippen LogP contribution in [-0.2, 0) is 4.79 Å². The van der Waals surface area contributed by atoms with Gasteiger partial charge in [-0.05, 0) is 44.0 Å². The average molecular weight is 274 g/mol. The van der Waals surface area contributed by atoms with E-state index in [1.807, 2.05) is 37.4 Å². The molecule has 1 aromatic rings. The summed E-state index contributed by atoms with van der Waals surface area (Å²) < 4.78 is 35.9. The molecule has 0 aromatic heterocycles. The fourth-order valence-corrected chi connectivity index (χ4v) is 1.71. The van der Waals surface area contributed by atoms with Crippen LogP contribution in [0.4, 0.5) is 18.9 Å². The van der Waals surface area contributed by atoms with Crippen molar-refractivity contribution in [3.8, 4) is 0 Å². The Hall–Kier alpha value is -1.72. The minimum absolute atomic E-state index is 0.684. The van der Waals surface area contributed by atoms with Gasteiger partial charge in [0.05, 0.1) is 0 Å². The topological polar surface area (TPSA) is 41.1 Å². The second-order valence-electron chi connectivity index (χ2n) is 4.58. The van der Waals surface area contributed by atoms with Gasteiger partial charge >= 0.3 is 6.18 Å². The number of benzene rings is 1. The zero-order chi connectivity index (χ0) is 14.6. The van der Waals surface area contributed by atoms with Gasteiger partial charge in [-0.2, -0.15) is 13.2 Å². The molecule has 0 heterocycles. The number of halogens is 3. The summed E-state index contributed by atoms with van der Waals surface area (Å²) in [5.41, 5.74) is 2.75. The summed E-state index contributed by atoms with van der Waals surface area (Å²) in [7, 11) is 0. The van der Waals surface area contributed by atoms with Crippen molar-refractivity contribution in [2.45, 2.75) is 33.0 Å². The largest absolute Gasteiger partial charge is 0.405 e. The summed E-state index contributed by atoms with van der Waals surface area (Å²) in [6.07, 6.45) is -4.39. The van der Waals surface area contributed by atoms with Gasteiger partial charge in [-0.25, -0.2) is 0 Å². The summed E-state index contributed by atoms with van der Waals surface area (Å²) in [4.78, 5) is 11.5. The molecule has 0 fully saturated rings. The molecule has 1 amide bonds. The van der Waals surface area contributed by atoms with Crippen molar-refractivity contribution in [2.24, 2.45) is 0 Å². The number of anilines is 1. The van der Waals surface area contributed by atoms with E-state index in [1.165, 1.54) is 6.92 Å². The van der Waals surface area contributed by atoms with Crippen molar-refractivity contribution < 1.29 is 18.0 Å². The first kappa shape index (κ1) is 15.3. The van der Waals surface area contributed by atoms with E-state index >= 15 is 0 Å². The van der Waals surface area contributed by atoms with Crippen LogP contribution in [0.1, 0.15) is 18.1 Å². The normalized spacial score (nSPS) is 12.9. The first-order valence-corrected chi connectivity index (χ1v) is 5.86. The van der Waals surface area contributed by atoms with Gasteiger partial charge in [-0.3, -0.25) is 4.79 Å². The molecule has 1 unspecified atom stereocenters. The predicted molar refractivity (Wildman–Crippen MR) is 68.1 cm³/mol. The van der Waals surface area contributed by atoms with Crippen molar-refractivity contribution in [1.82, 2.24) is 5.32 Å². The van der Waals surface area contributed by atoms with Crippen LogP contribution >= 0.6 is 0 Å². The molecule has 0 aliphatic carbocycles. The molecule has 0 saturated heterocycles. The van der Waals surface area contributed by atoms with E-state index in [0.717, 1.165) is 11.1 Å². The zero-order valence-electron chi connectivity index (χ0n) is 11.1. The minimum Gasteiger partial charge on any atom is -0.374 e. The molecule has 1 atom stereocenters. The Balaban J connectivity index is 2.58. The van der Waals surface area contributed by atoms with Crippen molar-refractivity contribution in [3.05, 3.63) is 29.3 Å². The van der Waals surface area contributed by atoms with E-state index in [-0.39, 0.29) is 0 Å². The van der Waals surface area contributed by atoms with Crippen molar-refractivity contribution in [2.75, 3.05) is 11.9 Å². The Kier molecular flexibility index (Phi) is 4.80. The van der Waals surface area contributed by atoms with Gasteiger partial charge in [0.2, 0.25) is 5.91 Å². The molecule has 106 valence electrons. The van der Waals surface area contributed by atoms with Crippen LogP contribution in [-0.4, -0.2) is 24.7 Å². The maximum atomic E-state index is 12.0. The van der Waals surface area contributed by atoms with Crippen molar-refractivity contribution >= 4 is 11.6 Å². The molecule has 0 aliphatic heterocycles. The predicted octanol–water partition coefficient (Wildman–Crippen LogP) is 2.78. The second-order valence-corrected chi connectivity index (χ2v) is 4.58. The molecule has 0 spiro atoms. The smallest absolute Gasteiger partial charge is 0.374 e. The average Bonchev–Trinajstić information content (AvgIpc) is 2.23. The lowest BCUT2D eigenvalue weighted by Gasteiger charge is -2.17. The fraction of sp³-hybridized carbons (Fsp3) is 0.462. The van der Waals surface area contributed by atoms with Crippen LogP contribution < -0.4 is 10.6 Å². The highest BCUT2D eigenvalue weighted by molar-refractivity contribution is 5.84. The van der Waals surface area contributed by atoms with E-state index in [2.05, 4.69) is 5.32 Å².